The highest BCUT2D eigenvalue weighted by Crippen LogP contribution is 2.60. The van der Waals surface area contributed by atoms with Gasteiger partial charge in [-0.25, -0.2) is 14.5 Å². The van der Waals surface area contributed by atoms with Crippen molar-refractivity contribution in [3.63, 3.8) is 0 Å². The molecule has 1 aliphatic carbocycles. The first-order valence-electron chi connectivity index (χ1n) is 14.3. The third-order valence-corrected chi connectivity index (χ3v) is 9.80. The molecule has 5 heterocycles. The Bertz CT molecular complexity index is 1370. The molecule has 1 saturated carbocycles. The van der Waals surface area contributed by atoms with Crippen LogP contribution < -0.4 is 0 Å². The van der Waals surface area contributed by atoms with Crippen molar-refractivity contribution >= 4 is 22.4 Å². The number of benzene rings is 2. The van der Waals surface area contributed by atoms with Crippen LogP contribution in [0.3, 0.4) is 0 Å². The van der Waals surface area contributed by atoms with Crippen molar-refractivity contribution in [2.24, 2.45) is 23.7 Å². The first kappa shape index (κ1) is 25.9. The summed E-state index contributed by atoms with van der Waals surface area (Å²) < 4.78 is 21.2. The maximum Gasteiger partial charge on any atom is 0.201 e. The summed E-state index contributed by atoms with van der Waals surface area (Å²) in [6.07, 6.45) is 6.82. The zero-order chi connectivity index (χ0) is 26.8. The SMILES string of the molecule is C[C@H]1[C@@H](OCCCc2cn(-c3cccc4cc(Cl)ccc34)nn2)O[C@@H]2O[C@]3(C)CC[C@H]4[C@H](C)CC[C@@H]1[C@@]24OO3. The number of ether oxygens (including phenoxy) is 3. The van der Waals surface area contributed by atoms with Crippen LogP contribution in [0.25, 0.3) is 16.5 Å². The van der Waals surface area contributed by atoms with Crippen molar-refractivity contribution in [1.82, 2.24) is 15.0 Å². The summed E-state index contributed by atoms with van der Waals surface area (Å²) in [7, 11) is 0. The van der Waals surface area contributed by atoms with Gasteiger partial charge in [-0.1, -0.05) is 48.9 Å². The van der Waals surface area contributed by atoms with Crippen LogP contribution in [0.4, 0.5) is 0 Å². The predicted molar refractivity (Wildman–Crippen MR) is 145 cm³/mol. The molecule has 8 atom stereocenters. The number of aromatic nitrogens is 3. The zero-order valence-corrected chi connectivity index (χ0v) is 23.5. The molecule has 0 unspecified atom stereocenters. The van der Waals surface area contributed by atoms with Gasteiger partial charge in [-0.2, -0.15) is 0 Å². The third kappa shape index (κ3) is 4.31. The van der Waals surface area contributed by atoms with Crippen LogP contribution >= 0.6 is 11.6 Å². The Labute approximate surface area is 233 Å². The molecule has 8 nitrogen and oxygen atoms in total. The summed E-state index contributed by atoms with van der Waals surface area (Å²) in [5.41, 5.74) is 1.35. The molecule has 208 valence electrons. The molecule has 5 aliphatic rings. The molecule has 4 aliphatic heterocycles. The van der Waals surface area contributed by atoms with Gasteiger partial charge in [0.2, 0.25) is 5.79 Å². The smallest absolute Gasteiger partial charge is 0.201 e. The van der Waals surface area contributed by atoms with Crippen molar-refractivity contribution in [3.8, 4) is 5.69 Å². The molecular weight excluding hydrogens is 518 g/mol. The summed E-state index contributed by atoms with van der Waals surface area (Å²) in [6, 6.07) is 12.0. The molecule has 8 rings (SSSR count). The maximum atomic E-state index is 6.53. The topological polar surface area (TPSA) is 76.9 Å². The highest BCUT2D eigenvalue weighted by Gasteiger charge is 2.69. The Hall–Kier alpha value is -2.07. The van der Waals surface area contributed by atoms with E-state index in [1.165, 1.54) is 6.42 Å². The number of halogens is 1. The average molecular weight is 554 g/mol. The van der Waals surface area contributed by atoms with Crippen molar-refractivity contribution in [3.05, 3.63) is 53.3 Å². The van der Waals surface area contributed by atoms with E-state index in [1.54, 1.807) is 0 Å². The van der Waals surface area contributed by atoms with Crippen molar-refractivity contribution in [2.45, 2.75) is 83.3 Å². The molecule has 0 radical (unpaired) electrons. The van der Waals surface area contributed by atoms with Crippen LogP contribution in [0.1, 0.15) is 58.6 Å². The van der Waals surface area contributed by atoms with Crippen LogP contribution in [0, 0.1) is 23.7 Å². The summed E-state index contributed by atoms with van der Waals surface area (Å²) in [5.74, 6) is 0.567. The summed E-state index contributed by atoms with van der Waals surface area (Å²) >= 11 is 6.18. The number of aryl methyl sites for hydroxylation is 1. The number of hydrogen-bond acceptors (Lipinski definition) is 7. The van der Waals surface area contributed by atoms with Crippen LogP contribution in [-0.4, -0.2) is 45.6 Å². The lowest BCUT2D eigenvalue weighted by Gasteiger charge is -2.60. The molecule has 3 aromatic rings. The fourth-order valence-corrected chi connectivity index (χ4v) is 7.66. The van der Waals surface area contributed by atoms with Gasteiger partial charge in [-0.05, 0) is 74.4 Å². The lowest BCUT2D eigenvalue weighted by molar-refractivity contribution is -0.577. The highest BCUT2D eigenvalue weighted by molar-refractivity contribution is 6.31. The van der Waals surface area contributed by atoms with Crippen LogP contribution in [0.15, 0.2) is 42.6 Å². The standard InChI is InChI=1S/C30H36ClN3O5/c1-18-9-12-25-19(2)27(36-28-30(25)24(18)13-14-29(3,37-28)38-39-30)35-15-5-7-22-17-34(33-32-22)26-8-4-6-20-16-21(31)10-11-23(20)26/h4,6,8,10-11,16-19,24-25,27-28H,5,7,9,12-15H2,1-3H3/t18-,19-,24+,25+,27+,28-,29+,30-/m1/s1. The van der Waals surface area contributed by atoms with E-state index in [9.17, 15) is 0 Å². The van der Waals surface area contributed by atoms with Gasteiger partial charge in [0.05, 0.1) is 24.2 Å². The maximum absolute atomic E-state index is 6.53. The molecule has 4 saturated heterocycles. The normalized spacial score (nSPS) is 37.5. The van der Waals surface area contributed by atoms with Gasteiger partial charge < -0.3 is 14.2 Å². The van der Waals surface area contributed by atoms with E-state index < -0.39 is 17.7 Å². The summed E-state index contributed by atoms with van der Waals surface area (Å²) in [6.45, 7) is 7.07. The number of fused-ring (bicyclic) bond motifs is 3. The fourth-order valence-electron chi connectivity index (χ4n) is 7.48. The minimum Gasteiger partial charge on any atom is -0.352 e. The van der Waals surface area contributed by atoms with Gasteiger partial charge in [-0.15, -0.1) is 5.10 Å². The van der Waals surface area contributed by atoms with Gasteiger partial charge in [0, 0.05) is 28.7 Å². The number of rotatable bonds is 6. The quantitative estimate of drug-likeness (QED) is 0.264. The van der Waals surface area contributed by atoms with E-state index in [-0.39, 0.29) is 18.1 Å². The predicted octanol–water partition coefficient (Wildman–Crippen LogP) is 6.23. The van der Waals surface area contributed by atoms with Crippen LogP contribution in [-0.2, 0) is 30.4 Å². The van der Waals surface area contributed by atoms with Crippen molar-refractivity contribution in [1.29, 1.82) is 0 Å². The number of nitrogens with zero attached hydrogens (tertiary/aromatic N) is 3. The molecule has 39 heavy (non-hydrogen) atoms. The van der Waals surface area contributed by atoms with Crippen LogP contribution in [0.2, 0.25) is 5.02 Å². The van der Waals surface area contributed by atoms with E-state index in [0.717, 1.165) is 59.3 Å². The Morgan fingerprint density at radius 2 is 2.00 bits per heavy atom. The molecule has 2 bridgehead atoms. The highest BCUT2D eigenvalue weighted by atomic mass is 35.5. The van der Waals surface area contributed by atoms with E-state index in [4.69, 9.17) is 35.6 Å². The molecule has 0 N–H and O–H groups in total. The van der Waals surface area contributed by atoms with E-state index in [2.05, 4.69) is 30.2 Å². The Morgan fingerprint density at radius 1 is 1.10 bits per heavy atom. The molecule has 1 spiro atoms. The van der Waals surface area contributed by atoms with Gasteiger partial charge in [0.1, 0.15) is 0 Å². The molecular formula is C30H36ClN3O5. The Kier molecular flexibility index (Phi) is 6.49. The number of hydrogen-bond donors (Lipinski definition) is 0. The van der Waals surface area contributed by atoms with E-state index in [1.807, 2.05) is 48.1 Å². The first-order chi connectivity index (χ1) is 18.9. The lowest BCUT2D eigenvalue weighted by Crippen LogP contribution is -2.70. The molecule has 1 aromatic heterocycles. The Morgan fingerprint density at radius 3 is 2.90 bits per heavy atom. The van der Waals surface area contributed by atoms with E-state index >= 15 is 0 Å². The van der Waals surface area contributed by atoms with Gasteiger partial charge in [0.25, 0.3) is 0 Å². The van der Waals surface area contributed by atoms with Crippen molar-refractivity contribution in [2.75, 3.05) is 6.61 Å². The lowest BCUT2D eigenvalue weighted by atomic mass is 9.58. The van der Waals surface area contributed by atoms with Crippen molar-refractivity contribution < 1.29 is 24.0 Å². The molecule has 0 amide bonds. The first-order valence-corrected chi connectivity index (χ1v) is 14.7. The molecule has 9 heteroatoms. The minimum absolute atomic E-state index is 0.173. The Balaban J connectivity index is 1.01. The molecule has 2 aromatic carbocycles. The summed E-state index contributed by atoms with van der Waals surface area (Å²) in [5, 5.41) is 11.7. The van der Waals surface area contributed by atoms with Gasteiger partial charge in [0.15, 0.2) is 18.2 Å². The van der Waals surface area contributed by atoms with Crippen LogP contribution in [0.5, 0.6) is 0 Å². The second-order valence-electron chi connectivity index (χ2n) is 12.0. The third-order valence-electron chi connectivity index (χ3n) is 9.56. The second-order valence-corrected chi connectivity index (χ2v) is 12.5. The fraction of sp³-hybridized carbons (Fsp3) is 0.600. The monoisotopic (exact) mass is 553 g/mol. The summed E-state index contributed by atoms with van der Waals surface area (Å²) in [4.78, 5) is 12.1. The largest absolute Gasteiger partial charge is 0.352 e. The van der Waals surface area contributed by atoms with E-state index in [0.29, 0.717) is 18.4 Å². The average Bonchev–Trinajstić information content (AvgIpc) is 3.28. The van der Waals surface area contributed by atoms with Gasteiger partial charge in [-0.3, -0.25) is 0 Å². The zero-order valence-electron chi connectivity index (χ0n) is 22.7. The second kappa shape index (κ2) is 9.79. The van der Waals surface area contributed by atoms with Gasteiger partial charge >= 0.3 is 0 Å². The molecule has 5 fully saturated rings. The minimum atomic E-state index is -0.773.